The highest BCUT2D eigenvalue weighted by molar-refractivity contribution is 9.10. The molecule has 142 valence electrons. The molecule has 0 atom stereocenters. The van der Waals surface area contributed by atoms with Crippen LogP contribution in [0, 0.1) is 0 Å². The van der Waals surface area contributed by atoms with Gasteiger partial charge in [0, 0.05) is 22.7 Å². The molecular formula is C18H17BrClN3O4. The first kappa shape index (κ1) is 20.7. The number of benzene rings is 2. The van der Waals surface area contributed by atoms with E-state index in [1.54, 1.807) is 37.3 Å². The Kier molecular flexibility index (Phi) is 7.63. The normalized spacial score (nSPS) is 10.0. The van der Waals surface area contributed by atoms with E-state index in [9.17, 15) is 14.4 Å². The zero-order chi connectivity index (χ0) is 19.8. The molecule has 0 aromatic heterocycles. The minimum atomic E-state index is -0.531. The van der Waals surface area contributed by atoms with Gasteiger partial charge in [-0.2, -0.15) is 0 Å². The summed E-state index contributed by atoms with van der Waals surface area (Å²) in [6.45, 7) is 1.46. The number of hydrazine groups is 1. The number of halogens is 2. The minimum absolute atomic E-state index is 0.119. The first-order valence-electron chi connectivity index (χ1n) is 7.96. The van der Waals surface area contributed by atoms with Crippen LogP contribution in [0.4, 0.5) is 5.69 Å². The van der Waals surface area contributed by atoms with Crippen molar-refractivity contribution in [2.24, 2.45) is 0 Å². The largest absolute Gasteiger partial charge is 0.483 e. The molecule has 0 heterocycles. The maximum Gasteiger partial charge on any atom is 0.276 e. The van der Waals surface area contributed by atoms with Crippen LogP contribution >= 0.6 is 27.5 Å². The summed E-state index contributed by atoms with van der Waals surface area (Å²) in [4.78, 5) is 35.1. The highest BCUT2D eigenvalue weighted by atomic mass is 79.9. The van der Waals surface area contributed by atoms with E-state index in [1.807, 2.05) is 0 Å². The number of hydrogen-bond donors (Lipinski definition) is 3. The topological polar surface area (TPSA) is 96.5 Å². The summed E-state index contributed by atoms with van der Waals surface area (Å²) < 4.78 is 5.96. The van der Waals surface area contributed by atoms with E-state index >= 15 is 0 Å². The summed E-state index contributed by atoms with van der Waals surface area (Å²) in [5.74, 6) is -0.696. The van der Waals surface area contributed by atoms with Gasteiger partial charge >= 0.3 is 0 Å². The second kappa shape index (κ2) is 9.94. The van der Waals surface area contributed by atoms with Crippen LogP contribution in [0.2, 0.25) is 5.02 Å². The summed E-state index contributed by atoms with van der Waals surface area (Å²) in [6.07, 6.45) is 0.364. The fraction of sp³-hybridized carbons (Fsp3) is 0.167. The molecule has 7 nitrogen and oxygen atoms in total. The van der Waals surface area contributed by atoms with Crippen LogP contribution in [0.3, 0.4) is 0 Å². The van der Waals surface area contributed by atoms with Gasteiger partial charge in [0.1, 0.15) is 5.75 Å². The average molecular weight is 455 g/mol. The smallest absolute Gasteiger partial charge is 0.276 e. The molecule has 3 N–H and O–H groups in total. The zero-order valence-corrected chi connectivity index (χ0v) is 16.7. The van der Waals surface area contributed by atoms with Crippen LogP contribution in [0.25, 0.3) is 0 Å². The Morgan fingerprint density at radius 3 is 2.37 bits per heavy atom. The number of amides is 3. The van der Waals surface area contributed by atoms with Gasteiger partial charge in [-0.25, -0.2) is 0 Å². The minimum Gasteiger partial charge on any atom is -0.483 e. The maximum atomic E-state index is 12.0. The molecule has 27 heavy (non-hydrogen) atoms. The zero-order valence-electron chi connectivity index (χ0n) is 14.3. The summed E-state index contributed by atoms with van der Waals surface area (Å²) in [6, 6.07) is 11.2. The van der Waals surface area contributed by atoms with Gasteiger partial charge < -0.3 is 10.1 Å². The third-order valence-electron chi connectivity index (χ3n) is 3.32. The van der Waals surface area contributed by atoms with E-state index in [1.165, 1.54) is 12.1 Å². The molecule has 2 aromatic rings. The molecule has 0 saturated carbocycles. The van der Waals surface area contributed by atoms with Crippen molar-refractivity contribution in [3.8, 4) is 5.75 Å². The first-order chi connectivity index (χ1) is 12.9. The van der Waals surface area contributed by atoms with E-state index in [4.69, 9.17) is 16.3 Å². The SMILES string of the molecule is CCC(=O)Nc1ccc(C(=O)NNC(=O)COc2ccc(Cl)cc2Br)cc1. The quantitative estimate of drug-likeness (QED) is 0.584. The number of nitrogens with one attached hydrogen (secondary N) is 3. The predicted molar refractivity (Wildman–Crippen MR) is 106 cm³/mol. The van der Waals surface area contributed by atoms with E-state index < -0.39 is 11.8 Å². The van der Waals surface area contributed by atoms with Crippen molar-refractivity contribution in [1.82, 2.24) is 10.9 Å². The van der Waals surface area contributed by atoms with Crippen LogP contribution in [0.15, 0.2) is 46.9 Å². The predicted octanol–water partition coefficient (Wildman–Crippen LogP) is 3.29. The van der Waals surface area contributed by atoms with Crippen LogP contribution in [-0.4, -0.2) is 24.3 Å². The molecule has 0 fully saturated rings. The van der Waals surface area contributed by atoms with Crippen LogP contribution in [-0.2, 0) is 9.59 Å². The number of anilines is 1. The molecule has 0 saturated heterocycles. The van der Waals surface area contributed by atoms with Crippen molar-refractivity contribution in [3.05, 3.63) is 57.5 Å². The second-order valence-electron chi connectivity index (χ2n) is 5.34. The molecule has 9 heteroatoms. The Balaban J connectivity index is 1.80. The van der Waals surface area contributed by atoms with Crippen molar-refractivity contribution in [2.75, 3.05) is 11.9 Å². The Bertz CT molecular complexity index is 843. The van der Waals surface area contributed by atoms with E-state index in [-0.39, 0.29) is 12.5 Å². The van der Waals surface area contributed by atoms with Crippen LogP contribution < -0.4 is 20.9 Å². The lowest BCUT2D eigenvalue weighted by Crippen LogP contribution is -2.43. The van der Waals surface area contributed by atoms with Gasteiger partial charge in [0.2, 0.25) is 5.91 Å². The Morgan fingerprint density at radius 2 is 1.74 bits per heavy atom. The van der Waals surface area contributed by atoms with Crippen molar-refractivity contribution in [3.63, 3.8) is 0 Å². The van der Waals surface area contributed by atoms with Gasteiger partial charge in [-0.3, -0.25) is 25.2 Å². The lowest BCUT2D eigenvalue weighted by Gasteiger charge is -2.10. The van der Waals surface area contributed by atoms with E-state index in [0.29, 0.717) is 32.9 Å². The number of carbonyl (C=O) groups is 3. The number of hydrogen-bond acceptors (Lipinski definition) is 4. The molecule has 0 aliphatic heterocycles. The van der Waals surface area contributed by atoms with Gasteiger partial charge in [-0.05, 0) is 58.4 Å². The standard InChI is InChI=1S/C18H17BrClN3O4/c1-2-16(24)21-13-6-3-11(4-7-13)18(26)23-22-17(25)10-27-15-8-5-12(20)9-14(15)19/h3-9H,2,10H2,1H3,(H,21,24)(H,22,25)(H,23,26). The fourth-order valence-corrected chi connectivity index (χ4v) is 2.72. The lowest BCUT2D eigenvalue weighted by molar-refractivity contribution is -0.123. The van der Waals surface area contributed by atoms with Crippen molar-refractivity contribution >= 4 is 50.9 Å². The van der Waals surface area contributed by atoms with Gasteiger partial charge in [-0.1, -0.05) is 18.5 Å². The first-order valence-corrected chi connectivity index (χ1v) is 9.13. The average Bonchev–Trinajstić information content (AvgIpc) is 2.65. The van der Waals surface area contributed by atoms with Gasteiger partial charge in [0.25, 0.3) is 11.8 Å². The molecule has 3 amide bonds. The summed E-state index contributed by atoms with van der Waals surface area (Å²) in [5, 5.41) is 3.21. The highest BCUT2D eigenvalue weighted by Crippen LogP contribution is 2.27. The number of rotatable bonds is 6. The lowest BCUT2D eigenvalue weighted by atomic mass is 10.2. The molecule has 2 aromatic carbocycles. The molecule has 0 bridgehead atoms. The third kappa shape index (κ3) is 6.58. The highest BCUT2D eigenvalue weighted by Gasteiger charge is 2.10. The van der Waals surface area contributed by atoms with Gasteiger partial charge in [0.15, 0.2) is 6.61 Å². The van der Waals surface area contributed by atoms with E-state index in [2.05, 4.69) is 32.1 Å². The van der Waals surface area contributed by atoms with Crippen LogP contribution in [0.1, 0.15) is 23.7 Å². The Hall–Kier alpha value is -2.58. The van der Waals surface area contributed by atoms with Crippen molar-refractivity contribution in [2.45, 2.75) is 13.3 Å². The molecule has 0 unspecified atom stereocenters. The summed E-state index contributed by atoms with van der Waals surface area (Å²) in [5.41, 5.74) is 5.47. The molecule has 0 aliphatic carbocycles. The van der Waals surface area contributed by atoms with Gasteiger partial charge in [0.05, 0.1) is 4.47 Å². The Labute approximate surface area is 169 Å². The molecule has 0 radical (unpaired) electrons. The molecular weight excluding hydrogens is 438 g/mol. The molecule has 2 rings (SSSR count). The number of carbonyl (C=O) groups excluding carboxylic acids is 3. The summed E-state index contributed by atoms with van der Waals surface area (Å²) >= 11 is 9.11. The molecule has 0 aliphatic rings. The second-order valence-corrected chi connectivity index (χ2v) is 6.64. The molecule has 0 spiro atoms. The monoisotopic (exact) mass is 453 g/mol. The van der Waals surface area contributed by atoms with Crippen LogP contribution in [0.5, 0.6) is 5.75 Å². The van der Waals surface area contributed by atoms with E-state index in [0.717, 1.165) is 0 Å². The van der Waals surface area contributed by atoms with Gasteiger partial charge in [-0.15, -0.1) is 0 Å². The number of ether oxygens (including phenoxy) is 1. The van der Waals surface area contributed by atoms with Crippen molar-refractivity contribution in [1.29, 1.82) is 0 Å². The Morgan fingerprint density at radius 1 is 1.04 bits per heavy atom. The third-order valence-corrected chi connectivity index (χ3v) is 4.17. The van der Waals surface area contributed by atoms with Crippen molar-refractivity contribution < 1.29 is 19.1 Å². The fourth-order valence-electron chi connectivity index (χ4n) is 1.92. The summed E-state index contributed by atoms with van der Waals surface area (Å²) in [7, 11) is 0. The maximum absolute atomic E-state index is 12.0.